The number of aromatic nitrogens is 4. The molecule has 1 fully saturated rings. The first-order chi connectivity index (χ1) is 10.4. The third kappa shape index (κ3) is 3.30. The third-order valence-corrected chi connectivity index (χ3v) is 5.49. The molecule has 0 aliphatic carbocycles. The maximum atomic E-state index is 12.9. The summed E-state index contributed by atoms with van der Waals surface area (Å²) in [6, 6.07) is 5.83. The average molecular weight is 325 g/mol. The van der Waals surface area contributed by atoms with E-state index in [1.165, 1.54) is 16.9 Å². The lowest BCUT2D eigenvalue weighted by molar-refractivity contribution is 0.184. The minimum Gasteiger partial charge on any atom is -0.282 e. The van der Waals surface area contributed by atoms with Crippen molar-refractivity contribution >= 4 is 9.84 Å². The van der Waals surface area contributed by atoms with Gasteiger partial charge in [-0.05, 0) is 42.9 Å². The second-order valence-electron chi connectivity index (χ2n) is 5.45. The summed E-state index contributed by atoms with van der Waals surface area (Å²) in [6.45, 7) is 0.356. The molecule has 1 saturated heterocycles. The number of hydrogen-bond donors (Lipinski definition) is 0. The van der Waals surface area contributed by atoms with Crippen molar-refractivity contribution in [2.24, 2.45) is 0 Å². The first-order valence-electron chi connectivity index (χ1n) is 6.87. The maximum absolute atomic E-state index is 12.9. The van der Waals surface area contributed by atoms with Gasteiger partial charge in [-0.2, -0.15) is 0 Å². The van der Waals surface area contributed by atoms with Gasteiger partial charge in [-0.15, -0.1) is 15.0 Å². The fourth-order valence-electron chi connectivity index (χ4n) is 2.46. The van der Waals surface area contributed by atoms with Crippen LogP contribution in [0.3, 0.4) is 0 Å². The zero-order valence-corrected chi connectivity index (χ0v) is 12.9. The van der Waals surface area contributed by atoms with Crippen LogP contribution in [0.1, 0.15) is 6.42 Å². The van der Waals surface area contributed by atoms with Gasteiger partial charge in [0.05, 0.1) is 11.5 Å². The second-order valence-corrected chi connectivity index (χ2v) is 7.68. The van der Waals surface area contributed by atoms with Crippen LogP contribution in [0.15, 0.2) is 24.3 Å². The Bertz CT molecular complexity index is 759. The topological polar surface area (TPSA) is 81.0 Å². The SMILES string of the molecule is CN(Cn1nnc(-c2ccc(F)cc2)n1)[C@H]1CCS(=O)(=O)C1. The van der Waals surface area contributed by atoms with Crippen LogP contribution in [0, 0.1) is 5.82 Å². The molecule has 0 amide bonds. The molecule has 22 heavy (non-hydrogen) atoms. The average Bonchev–Trinajstić information content (AvgIpc) is 3.06. The van der Waals surface area contributed by atoms with Crippen molar-refractivity contribution in [3.8, 4) is 11.4 Å². The highest BCUT2D eigenvalue weighted by molar-refractivity contribution is 7.91. The molecule has 3 rings (SSSR count). The summed E-state index contributed by atoms with van der Waals surface area (Å²) >= 11 is 0. The molecule has 1 aromatic heterocycles. The molecule has 7 nitrogen and oxygen atoms in total. The molecule has 1 aliphatic heterocycles. The smallest absolute Gasteiger partial charge is 0.204 e. The van der Waals surface area contributed by atoms with Crippen LogP contribution in [-0.2, 0) is 16.5 Å². The molecule has 0 unspecified atom stereocenters. The van der Waals surface area contributed by atoms with Gasteiger partial charge in [0, 0.05) is 11.6 Å². The van der Waals surface area contributed by atoms with Crippen LogP contribution in [0.25, 0.3) is 11.4 Å². The summed E-state index contributed by atoms with van der Waals surface area (Å²) < 4.78 is 35.9. The molecule has 0 N–H and O–H groups in total. The van der Waals surface area contributed by atoms with E-state index in [4.69, 9.17) is 0 Å². The van der Waals surface area contributed by atoms with E-state index >= 15 is 0 Å². The highest BCUT2D eigenvalue weighted by Gasteiger charge is 2.30. The van der Waals surface area contributed by atoms with E-state index < -0.39 is 9.84 Å². The van der Waals surface area contributed by atoms with Gasteiger partial charge in [0.15, 0.2) is 9.84 Å². The molecule has 118 valence electrons. The molecular formula is C13H16FN5O2S. The lowest BCUT2D eigenvalue weighted by Crippen LogP contribution is -2.35. The Labute approximate surface area is 127 Å². The Balaban J connectivity index is 1.68. The zero-order valence-electron chi connectivity index (χ0n) is 12.1. The van der Waals surface area contributed by atoms with Crippen molar-refractivity contribution < 1.29 is 12.8 Å². The highest BCUT2D eigenvalue weighted by atomic mass is 32.2. The summed E-state index contributed by atoms with van der Waals surface area (Å²) in [6.07, 6.45) is 0.623. The van der Waals surface area contributed by atoms with E-state index in [0.717, 1.165) is 0 Å². The summed E-state index contributed by atoms with van der Waals surface area (Å²) in [5, 5.41) is 12.1. The number of hydrogen-bond acceptors (Lipinski definition) is 6. The van der Waals surface area contributed by atoms with Gasteiger partial charge in [-0.1, -0.05) is 0 Å². The maximum Gasteiger partial charge on any atom is 0.204 e. The largest absolute Gasteiger partial charge is 0.282 e. The van der Waals surface area contributed by atoms with Crippen LogP contribution in [0.5, 0.6) is 0 Å². The van der Waals surface area contributed by atoms with Gasteiger partial charge in [-0.25, -0.2) is 12.8 Å². The number of benzene rings is 1. The van der Waals surface area contributed by atoms with E-state index in [-0.39, 0.29) is 23.4 Å². The minimum atomic E-state index is -2.92. The molecule has 1 atom stereocenters. The van der Waals surface area contributed by atoms with Crippen LogP contribution < -0.4 is 0 Å². The van der Waals surface area contributed by atoms with Crippen molar-refractivity contribution in [2.75, 3.05) is 18.6 Å². The summed E-state index contributed by atoms with van der Waals surface area (Å²) in [4.78, 5) is 3.31. The molecular weight excluding hydrogens is 309 g/mol. The Morgan fingerprint density at radius 2 is 2.09 bits per heavy atom. The van der Waals surface area contributed by atoms with Crippen LogP contribution >= 0.6 is 0 Å². The van der Waals surface area contributed by atoms with E-state index in [0.29, 0.717) is 24.5 Å². The van der Waals surface area contributed by atoms with E-state index in [2.05, 4.69) is 15.4 Å². The van der Waals surface area contributed by atoms with E-state index in [1.807, 2.05) is 11.9 Å². The number of tetrazole rings is 1. The first-order valence-corrected chi connectivity index (χ1v) is 8.69. The van der Waals surface area contributed by atoms with Gasteiger partial charge < -0.3 is 0 Å². The van der Waals surface area contributed by atoms with Gasteiger partial charge in [0.2, 0.25) is 5.82 Å². The Morgan fingerprint density at radius 3 is 2.73 bits per heavy atom. The van der Waals surface area contributed by atoms with Crippen LogP contribution in [0.2, 0.25) is 0 Å². The van der Waals surface area contributed by atoms with Crippen molar-refractivity contribution in [1.82, 2.24) is 25.1 Å². The zero-order chi connectivity index (χ0) is 15.7. The van der Waals surface area contributed by atoms with Crippen LogP contribution in [-0.4, -0.2) is 58.1 Å². The standard InChI is InChI=1S/C13H16FN5O2S/c1-18(12-6-7-22(20,21)8-12)9-19-16-13(15-17-19)10-2-4-11(14)5-3-10/h2-5,12H,6-9H2,1H3/t12-/m0/s1. The molecule has 0 saturated carbocycles. The Hall–Kier alpha value is -1.87. The van der Waals surface area contributed by atoms with E-state index in [1.54, 1.807) is 12.1 Å². The summed E-state index contributed by atoms with van der Waals surface area (Å²) in [7, 11) is -1.08. The predicted molar refractivity (Wildman–Crippen MR) is 78.0 cm³/mol. The number of sulfone groups is 1. The Kier molecular flexibility index (Phi) is 3.92. The fraction of sp³-hybridized carbons (Fsp3) is 0.462. The fourth-order valence-corrected chi connectivity index (χ4v) is 4.26. The molecule has 0 radical (unpaired) electrons. The summed E-state index contributed by atoms with van der Waals surface area (Å²) in [5.41, 5.74) is 0.679. The van der Waals surface area contributed by atoms with Gasteiger partial charge >= 0.3 is 0 Å². The lowest BCUT2D eigenvalue weighted by Gasteiger charge is -2.21. The molecule has 1 aromatic carbocycles. The van der Waals surface area contributed by atoms with Crippen molar-refractivity contribution in [1.29, 1.82) is 0 Å². The first kappa shape index (κ1) is 15.0. The number of rotatable bonds is 4. The molecule has 9 heteroatoms. The van der Waals surface area contributed by atoms with Gasteiger partial charge in [-0.3, -0.25) is 4.90 Å². The highest BCUT2D eigenvalue weighted by Crippen LogP contribution is 2.17. The minimum absolute atomic E-state index is 0.0229. The van der Waals surface area contributed by atoms with Gasteiger partial charge in [0.1, 0.15) is 12.5 Å². The normalized spacial score (nSPS) is 20.6. The van der Waals surface area contributed by atoms with Crippen molar-refractivity contribution in [3.05, 3.63) is 30.1 Å². The molecule has 0 spiro atoms. The predicted octanol–water partition coefficient (Wildman–Crippen LogP) is 0.556. The van der Waals surface area contributed by atoms with Gasteiger partial charge in [0.25, 0.3) is 0 Å². The Morgan fingerprint density at radius 1 is 1.36 bits per heavy atom. The monoisotopic (exact) mass is 325 g/mol. The van der Waals surface area contributed by atoms with Crippen molar-refractivity contribution in [3.63, 3.8) is 0 Å². The lowest BCUT2D eigenvalue weighted by atomic mass is 10.2. The number of halogens is 1. The second kappa shape index (κ2) is 5.73. The molecule has 2 heterocycles. The quantitative estimate of drug-likeness (QED) is 0.817. The summed E-state index contributed by atoms with van der Waals surface area (Å²) in [5.74, 6) is 0.488. The molecule has 1 aliphatic rings. The third-order valence-electron chi connectivity index (χ3n) is 3.74. The van der Waals surface area contributed by atoms with E-state index in [9.17, 15) is 12.8 Å². The van der Waals surface area contributed by atoms with Crippen molar-refractivity contribution in [2.45, 2.75) is 19.1 Å². The molecule has 0 bridgehead atoms. The number of nitrogens with zero attached hydrogens (tertiary/aromatic N) is 5. The van der Waals surface area contributed by atoms with Crippen LogP contribution in [0.4, 0.5) is 4.39 Å². The molecule has 2 aromatic rings.